The molecule has 3 nitrogen and oxygen atoms in total. The average Bonchev–Trinajstić information content (AvgIpc) is 2.17. The van der Waals surface area contributed by atoms with Crippen molar-refractivity contribution in [1.29, 1.82) is 0 Å². The normalized spacial score (nSPS) is 20.5. The van der Waals surface area contributed by atoms with Gasteiger partial charge in [0.2, 0.25) is 0 Å². The number of carbonyl (C=O) groups is 1. The molecule has 0 aromatic rings. The fourth-order valence-electron chi connectivity index (χ4n) is 2.25. The first-order chi connectivity index (χ1) is 7.09. The summed E-state index contributed by atoms with van der Waals surface area (Å²) in [5.74, 6) is 0.229. The first kappa shape index (κ1) is 12.5. The van der Waals surface area contributed by atoms with E-state index in [1.54, 1.807) is 0 Å². The predicted octanol–water partition coefficient (Wildman–Crippen LogP) is 2.55. The van der Waals surface area contributed by atoms with Crippen LogP contribution in [0.2, 0.25) is 0 Å². The zero-order valence-electron chi connectivity index (χ0n) is 9.74. The standard InChI is InChI=1S/C12H22O3/c1-9(2)7-11(12(13)14)8-10-3-5-15-6-4-10/h9-11H,3-8H2,1-2H3,(H,13,14). The molecule has 1 atom stereocenters. The number of rotatable bonds is 5. The maximum absolute atomic E-state index is 11.1. The van der Waals surface area contributed by atoms with Crippen molar-refractivity contribution in [3.8, 4) is 0 Å². The van der Waals surface area contributed by atoms with E-state index in [1.165, 1.54) is 0 Å². The molecule has 0 radical (unpaired) electrons. The highest BCUT2D eigenvalue weighted by molar-refractivity contribution is 5.69. The van der Waals surface area contributed by atoms with Crippen LogP contribution in [0.1, 0.15) is 39.5 Å². The molecule has 1 N–H and O–H groups in total. The minimum atomic E-state index is -0.629. The third kappa shape index (κ3) is 4.65. The van der Waals surface area contributed by atoms with Crippen molar-refractivity contribution in [2.75, 3.05) is 13.2 Å². The van der Waals surface area contributed by atoms with Crippen LogP contribution in [-0.2, 0) is 9.53 Å². The van der Waals surface area contributed by atoms with E-state index < -0.39 is 5.97 Å². The predicted molar refractivity (Wildman–Crippen MR) is 58.7 cm³/mol. The van der Waals surface area contributed by atoms with E-state index in [0.717, 1.165) is 38.9 Å². The molecule has 0 saturated carbocycles. The molecular weight excluding hydrogens is 192 g/mol. The summed E-state index contributed by atoms with van der Waals surface area (Å²) in [5.41, 5.74) is 0. The van der Waals surface area contributed by atoms with Crippen molar-refractivity contribution in [2.45, 2.75) is 39.5 Å². The maximum atomic E-state index is 11.1. The molecule has 0 bridgehead atoms. The lowest BCUT2D eigenvalue weighted by Crippen LogP contribution is -2.23. The molecular formula is C12H22O3. The first-order valence-electron chi connectivity index (χ1n) is 5.90. The number of hydrogen-bond donors (Lipinski definition) is 1. The minimum absolute atomic E-state index is 0.159. The fourth-order valence-corrected chi connectivity index (χ4v) is 2.25. The zero-order valence-corrected chi connectivity index (χ0v) is 9.74. The molecule has 15 heavy (non-hydrogen) atoms. The highest BCUT2D eigenvalue weighted by Gasteiger charge is 2.24. The van der Waals surface area contributed by atoms with Gasteiger partial charge >= 0.3 is 5.97 Å². The van der Waals surface area contributed by atoms with Gasteiger partial charge < -0.3 is 9.84 Å². The molecule has 1 aliphatic heterocycles. The Hall–Kier alpha value is -0.570. The van der Waals surface area contributed by atoms with Gasteiger partial charge in [0.25, 0.3) is 0 Å². The quantitative estimate of drug-likeness (QED) is 0.765. The molecule has 3 heteroatoms. The fraction of sp³-hybridized carbons (Fsp3) is 0.917. The molecule has 1 unspecified atom stereocenters. The molecule has 0 spiro atoms. The number of aliphatic carboxylic acids is 1. The van der Waals surface area contributed by atoms with Gasteiger partial charge in [-0.25, -0.2) is 0 Å². The van der Waals surface area contributed by atoms with Crippen molar-refractivity contribution in [1.82, 2.24) is 0 Å². The Morgan fingerprint density at radius 1 is 1.40 bits per heavy atom. The van der Waals surface area contributed by atoms with Crippen molar-refractivity contribution >= 4 is 5.97 Å². The highest BCUT2D eigenvalue weighted by Crippen LogP contribution is 2.26. The molecule has 1 heterocycles. The molecule has 1 aliphatic rings. The van der Waals surface area contributed by atoms with Gasteiger partial charge in [0.15, 0.2) is 0 Å². The summed E-state index contributed by atoms with van der Waals surface area (Å²) in [7, 11) is 0. The van der Waals surface area contributed by atoms with E-state index in [-0.39, 0.29) is 5.92 Å². The van der Waals surface area contributed by atoms with Crippen LogP contribution >= 0.6 is 0 Å². The molecule has 1 saturated heterocycles. The minimum Gasteiger partial charge on any atom is -0.481 e. The Balaban J connectivity index is 2.38. The van der Waals surface area contributed by atoms with Gasteiger partial charge in [-0.05, 0) is 37.5 Å². The van der Waals surface area contributed by atoms with E-state index in [0.29, 0.717) is 11.8 Å². The van der Waals surface area contributed by atoms with Crippen molar-refractivity contribution < 1.29 is 14.6 Å². The number of ether oxygens (including phenoxy) is 1. The number of hydrogen-bond acceptors (Lipinski definition) is 2. The summed E-state index contributed by atoms with van der Waals surface area (Å²) >= 11 is 0. The van der Waals surface area contributed by atoms with Crippen LogP contribution in [0, 0.1) is 17.8 Å². The van der Waals surface area contributed by atoms with Crippen LogP contribution in [0.25, 0.3) is 0 Å². The van der Waals surface area contributed by atoms with Gasteiger partial charge in [0, 0.05) is 13.2 Å². The van der Waals surface area contributed by atoms with Gasteiger partial charge in [-0.1, -0.05) is 13.8 Å². The van der Waals surface area contributed by atoms with Gasteiger partial charge in [-0.3, -0.25) is 4.79 Å². The third-order valence-electron chi connectivity index (χ3n) is 3.06. The van der Waals surface area contributed by atoms with Crippen LogP contribution in [0.4, 0.5) is 0 Å². The van der Waals surface area contributed by atoms with Gasteiger partial charge in [0.05, 0.1) is 5.92 Å². The second-order valence-corrected chi connectivity index (χ2v) is 4.96. The van der Waals surface area contributed by atoms with Crippen LogP contribution in [0.3, 0.4) is 0 Å². The Bertz CT molecular complexity index is 195. The van der Waals surface area contributed by atoms with E-state index in [9.17, 15) is 4.79 Å². The first-order valence-corrected chi connectivity index (χ1v) is 5.90. The van der Waals surface area contributed by atoms with Crippen LogP contribution in [0.5, 0.6) is 0 Å². The van der Waals surface area contributed by atoms with Crippen molar-refractivity contribution in [3.05, 3.63) is 0 Å². The maximum Gasteiger partial charge on any atom is 0.306 e. The molecule has 0 aromatic carbocycles. The number of carboxylic acids is 1. The Labute approximate surface area is 91.8 Å². The smallest absolute Gasteiger partial charge is 0.306 e. The van der Waals surface area contributed by atoms with Crippen molar-refractivity contribution in [3.63, 3.8) is 0 Å². The summed E-state index contributed by atoms with van der Waals surface area (Å²) in [6, 6.07) is 0. The number of carboxylic acid groups (broad SMARTS) is 1. The van der Waals surface area contributed by atoms with Gasteiger partial charge in [-0.2, -0.15) is 0 Å². The van der Waals surface area contributed by atoms with E-state index >= 15 is 0 Å². The second-order valence-electron chi connectivity index (χ2n) is 4.96. The summed E-state index contributed by atoms with van der Waals surface area (Å²) in [4.78, 5) is 11.1. The Morgan fingerprint density at radius 2 is 2.00 bits per heavy atom. The summed E-state index contributed by atoms with van der Waals surface area (Å²) < 4.78 is 5.28. The second kappa shape index (κ2) is 6.11. The molecule has 0 aromatic heterocycles. The monoisotopic (exact) mass is 214 g/mol. The molecule has 1 fully saturated rings. The Morgan fingerprint density at radius 3 is 2.47 bits per heavy atom. The van der Waals surface area contributed by atoms with E-state index in [1.807, 2.05) is 0 Å². The lowest BCUT2D eigenvalue weighted by atomic mass is 9.85. The highest BCUT2D eigenvalue weighted by atomic mass is 16.5. The van der Waals surface area contributed by atoms with Crippen LogP contribution in [0.15, 0.2) is 0 Å². The molecule has 0 amide bonds. The van der Waals surface area contributed by atoms with E-state index in [2.05, 4.69) is 13.8 Å². The molecule has 88 valence electrons. The summed E-state index contributed by atoms with van der Waals surface area (Å²) in [6.07, 6.45) is 3.69. The lowest BCUT2D eigenvalue weighted by Gasteiger charge is -2.25. The Kier molecular flexibility index (Phi) is 5.09. The van der Waals surface area contributed by atoms with Crippen LogP contribution < -0.4 is 0 Å². The lowest BCUT2D eigenvalue weighted by molar-refractivity contribution is -0.143. The average molecular weight is 214 g/mol. The topological polar surface area (TPSA) is 46.5 Å². The zero-order chi connectivity index (χ0) is 11.3. The SMILES string of the molecule is CC(C)CC(CC1CCOCC1)C(=O)O. The summed E-state index contributed by atoms with van der Waals surface area (Å²) in [6.45, 7) is 5.78. The molecule has 1 rings (SSSR count). The molecule has 0 aliphatic carbocycles. The van der Waals surface area contributed by atoms with Gasteiger partial charge in [-0.15, -0.1) is 0 Å². The van der Waals surface area contributed by atoms with Gasteiger partial charge in [0.1, 0.15) is 0 Å². The largest absolute Gasteiger partial charge is 0.481 e. The van der Waals surface area contributed by atoms with Crippen LogP contribution in [-0.4, -0.2) is 24.3 Å². The summed E-state index contributed by atoms with van der Waals surface area (Å²) in [5, 5.41) is 9.12. The van der Waals surface area contributed by atoms with Crippen molar-refractivity contribution in [2.24, 2.45) is 17.8 Å². The third-order valence-corrected chi connectivity index (χ3v) is 3.06. The van der Waals surface area contributed by atoms with E-state index in [4.69, 9.17) is 9.84 Å².